The van der Waals surface area contributed by atoms with Crippen LogP contribution < -0.4 is 11.3 Å². The molecule has 0 saturated carbocycles. The maximum absolute atomic E-state index is 12.4. The maximum Gasteiger partial charge on any atom is 0.290 e. The van der Waals surface area contributed by atoms with Gasteiger partial charge < -0.3 is 5.73 Å². The summed E-state index contributed by atoms with van der Waals surface area (Å²) in [6.45, 7) is 7.55. The monoisotopic (exact) mass is 273 g/mol. The number of nitrogens with two attached hydrogens (primary N) is 1. The number of nitrogen functional groups attached to an aromatic ring is 1. The van der Waals surface area contributed by atoms with Gasteiger partial charge in [0.1, 0.15) is 5.69 Å². The van der Waals surface area contributed by atoms with Crippen LogP contribution in [-0.4, -0.2) is 9.36 Å². The SMILES string of the molecule is CCCc1c(N)c(=O)n(Cc2ccccc2C)n1CC. The fourth-order valence-corrected chi connectivity index (χ4v) is 2.62. The summed E-state index contributed by atoms with van der Waals surface area (Å²) >= 11 is 0. The average molecular weight is 273 g/mol. The van der Waals surface area contributed by atoms with Crippen molar-refractivity contribution in [3.05, 3.63) is 51.4 Å². The highest BCUT2D eigenvalue weighted by molar-refractivity contribution is 5.42. The lowest BCUT2D eigenvalue weighted by Gasteiger charge is -2.14. The molecule has 4 nitrogen and oxygen atoms in total. The molecular formula is C16H23N3O. The Balaban J connectivity index is 2.49. The predicted molar refractivity (Wildman–Crippen MR) is 83.1 cm³/mol. The molecule has 1 aromatic carbocycles. The van der Waals surface area contributed by atoms with Crippen molar-refractivity contribution >= 4 is 5.69 Å². The Labute approximate surface area is 119 Å². The Bertz CT molecular complexity index is 652. The smallest absolute Gasteiger partial charge is 0.290 e. The number of aromatic nitrogens is 2. The third-order valence-electron chi connectivity index (χ3n) is 3.75. The molecular weight excluding hydrogens is 250 g/mol. The van der Waals surface area contributed by atoms with E-state index in [-0.39, 0.29) is 5.56 Å². The molecule has 1 aromatic heterocycles. The molecule has 2 aromatic rings. The van der Waals surface area contributed by atoms with Crippen molar-refractivity contribution < 1.29 is 0 Å². The Morgan fingerprint density at radius 3 is 2.45 bits per heavy atom. The molecule has 0 unspecified atom stereocenters. The molecule has 4 heteroatoms. The molecule has 0 saturated heterocycles. The zero-order valence-corrected chi connectivity index (χ0v) is 12.5. The van der Waals surface area contributed by atoms with E-state index in [4.69, 9.17) is 5.73 Å². The van der Waals surface area contributed by atoms with Gasteiger partial charge in [-0.1, -0.05) is 37.6 Å². The van der Waals surface area contributed by atoms with Crippen LogP contribution in [0, 0.1) is 6.92 Å². The molecule has 0 aliphatic heterocycles. The summed E-state index contributed by atoms with van der Waals surface area (Å²) in [6, 6.07) is 8.14. The van der Waals surface area contributed by atoms with Crippen molar-refractivity contribution in [1.29, 1.82) is 0 Å². The number of hydrogen-bond donors (Lipinski definition) is 1. The Morgan fingerprint density at radius 2 is 1.85 bits per heavy atom. The van der Waals surface area contributed by atoms with E-state index in [0.717, 1.165) is 30.6 Å². The number of hydrogen-bond acceptors (Lipinski definition) is 2. The van der Waals surface area contributed by atoms with Gasteiger partial charge in [-0.3, -0.25) is 9.48 Å². The summed E-state index contributed by atoms with van der Waals surface area (Å²) in [5.74, 6) is 0. The van der Waals surface area contributed by atoms with Gasteiger partial charge in [0, 0.05) is 6.54 Å². The number of benzene rings is 1. The highest BCUT2D eigenvalue weighted by atomic mass is 16.1. The molecule has 1 heterocycles. The first kappa shape index (κ1) is 14.4. The second-order valence-electron chi connectivity index (χ2n) is 5.12. The topological polar surface area (TPSA) is 53.0 Å². The Kier molecular flexibility index (Phi) is 4.32. The van der Waals surface area contributed by atoms with Crippen molar-refractivity contribution in [2.24, 2.45) is 0 Å². The molecule has 0 radical (unpaired) electrons. The summed E-state index contributed by atoms with van der Waals surface area (Å²) in [5, 5.41) is 0. The quantitative estimate of drug-likeness (QED) is 0.910. The number of nitrogens with zero attached hydrogens (tertiary/aromatic N) is 2. The standard InChI is InChI=1S/C16H23N3O/c1-4-8-14-15(17)16(20)19(18(14)5-2)11-13-10-7-6-9-12(13)3/h6-7,9-10H,4-5,8,11,17H2,1-3H3. The lowest BCUT2D eigenvalue weighted by molar-refractivity contribution is 0.470. The second-order valence-corrected chi connectivity index (χ2v) is 5.12. The van der Waals surface area contributed by atoms with E-state index in [1.54, 1.807) is 4.68 Å². The number of aryl methyl sites for hydroxylation is 1. The van der Waals surface area contributed by atoms with Gasteiger partial charge in [0.05, 0.1) is 12.2 Å². The molecule has 0 aliphatic carbocycles. The van der Waals surface area contributed by atoms with Crippen LogP contribution in [-0.2, 0) is 19.5 Å². The van der Waals surface area contributed by atoms with E-state index in [1.807, 2.05) is 23.7 Å². The first-order valence-electron chi connectivity index (χ1n) is 7.22. The minimum atomic E-state index is -0.0708. The first-order valence-corrected chi connectivity index (χ1v) is 7.22. The fourth-order valence-electron chi connectivity index (χ4n) is 2.62. The number of anilines is 1. The van der Waals surface area contributed by atoms with E-state index in [2.05, 4.69) is 26.0 Å². The van der Waals surface area contributed by atoms with Crippen LogP contribution in [0.25, 0.3) is 0 Å². The third-order valence-corrected chi connectivity index (χ3v) is 3.75. The van der Waals surface area contributed by atoms with Crippen LogP contribution in [0.1, 0.15) is 37.1 Å². The molecule has 0 spiro atoms. The predicted octanol–water partition coefficient (Wildman–Crippen LogP) is 2.56. The molecule has 2 rings (SSSR count). The van der Waals surface area contributed by atoms with Crippen LogP contribution in [0.5, 0.6) is 0 Å². The minimum Gasteiger partial charge on any atom is -0.393 e. The van der Waals surface area contributed by atoms with Gasteiger partial charge >= 0.3 is 0 Å². The van der Waals surface area contributed by atoms with Gasteiger partial charge in [0.2, 0.25) is 0 Å². The van der Waals surface area contributed by atoms with E-state index in [0.29, 0.717) is 12.2 Å². The van der Waals surface area contributed by atoms with E-state index in [9.17, 15) is 4.79 Å². The van der Waals surface area contributed by atoms with Gasteiger partial charge in [0.15, 0.2) is 0 Å². The van der Waals surface area contributed by atoms with Gasteiger partial charge in [0.25, 0.3) is 5.56 Å². The molecule has 108 valence electrons. The molecule has 20 heavy (non-hydrogen) atoms. The van der Waals surface area contributed by atoms with Crippen LogP contribution in [0.4, 0.5) is 5.69 Å². The lowest BCUT2D eigenvalue weighted by atomic mass is 10.1. The summed E-state index contributed by atoms with van der Waals surface area (Å²) in [5.41, 5.74) is 9.65. The molecule has 0 aliphatic rings. The highest BCUT2D eigenvalue weighted by Crippen LogP contribution is 2.14. The molecule has 0 atom stereocenters. The van der Waals surface area contributed by atoms with E-state index < -0.39 is 0 Å². The van der Waals surface area contributed by atoms with Gasteiger partial charge in [-0.05, 0) is 31.4 Å². The molecule has 0 amide bonds. The van der Waals surface area contributed by atoms with E-state index >= 15 is 0 Å². The van der Waals surface area contributed by atoms with Crippen molar-refractivity contribution in [2.75, 3.05) is 5.73 Å². The largest absolute Gasteiger partial charge is 0.393 e. The van der Waals surface area contributed by atoms with Gasteiger partial charge in [-0.25, -0.2) is 4.68 Å². The normalized spacial score (nSPS) is 10.9. The van der Waals surface area contributed by atoms with Gasteiger partial charge in [-0.2, -0.15) is 0 Å². The molecule has 0 fully saturated rings. The van der Waals surface area contributed by atoms with Crippen LogP contribution >= 0.6 is 0 Å². The summed E-state index contributed by atoms with van der Waals surface area (Å²) in [7, 11) is 0. The second kappa shape index (κ2) is 5.99. The minimum absolute atomic E-state index is 0.0708. The molecule has 2 N–H and O–H groups in total. The zero-order chi connectivity index (χ0) is 14.7. The summed E-state index contributed by atoms with van der Waals surface area (Å²) in [4.78, 5) is 12.4. The summed E-state index contributed by atoms with van der Waals surface area (Å²) in [6.07, 6.45) is 1.83. The first-order chi connectivity index (χ1) is 9.60. The average Bonchev–Trinajstić information content (AvgIpc) is 2.67. The van der Waals surface area contributed by atoms with Crippen LogP contribution in [0.2, 0.25) is 0 Å². The van der Waals surface area contributed by atoms with Crippen LogP contribution in [0.15, 0.2) is 29.1 Å². The zero-order valence-electron chi connectivity index (χ0n) is 12.5. The Hall–Kier alpha value is -1.97. The maximum atomic E-state index is 12.4. The fraction of sp³-hybridized carbons (Fsp3) is 0.438. The van der Waals surface area contributed by atoms with Crippen LogP contribution in [0.3, 0.4) is 0 Å². The Morgan fingerprint density at radius 1 is 1.15 bits per heavy atom. The lowest BCUT2D eigenvalue weighted by Crippen LogP contribution is -2.24. The van der Waals surface area contributed by atoms with E-state index in [1.165, 1.54) is 5.56 Å². The molecule has 0 bridgehead atoms. The van der Waals surface area contributed by atoms with Crippen molar-refractivity contribution in [3.63, 3.8) is 0 Å². The van der Waals surface area contributed by atoms with Gasteiger partial charge in [-0.15, -0.1) is 0 Å². The van der Waals surface area contributed by atoms with Crippen molar-refractivity contribution in [1.82, 2.24) is 9.36 Å². The van der Waals surface area contributed by atoms with Crippen molar-refractivity contribution in [2.45, 2.75) is 46.7 Å². The van der Waals surface area contributed by atoms with Crippen molar-refractivity contribution in [3.8, 4) is 0 Å². The third kappa shape index (κ3) is 2.50. The number of rotatable bonds is 5. The highest BCUT2D eigenvalue weighted by Gasteiger charge is 2.16. The summed E-state index contributed by atoms with van der Waals surface area (Å²) < 4.78 is 3.79.